The van der Waals surface area contributed by atoms with Gasteiger partial charge in [0.1, 0.15) is 0 Å². The van der Waals surface area contributed by atoms with Gasteiger partial charge >= 0.3 is 0 Å². The monoisotopic (exact) mass is 163 g/mol. The van der Waals surface area contributed by atoms with E-state index in [-0.39, 0.29) is 5.78 Å². The number of ketones is 1. The van der Waals surface area contributed by atoms with Crippen LogP contribution in [0.3, 0.4) is 0 Å². The lowest BCUT2D eigenvalue weighted by atomic mass is 10.1. The van der Waals surface area contributed by atoms with Gasteiger partial charge in [-0.1, -0.05) is 29.4 Å². The molecule has 3 heteroatoms. The van der Waals surface area contributed by atoms with Crippen LogP contribution >= 0.6 is 0 Å². The van der Waals surface area contributed by atoms with Crippen LogP contribution in [-0.4, -0.2) is 17.2 Å². The Hall–Kier alpha value is -1.64. The summed E-state index contributed by atoms with van der Waals surface area (Å²) in [7, 11) is 0. The Labute approximate surface area is 70.3 Å². The van der Waals surface area contributed by atoms with Crippen molar-refractivity contribution in [2.24, 2.45) is 5.16 Å². The Kier molecular flexibility index (Phi) is 2.58. The second kappa shape index (κ2) is 3.67. The molecule has 0 aliphatic rings. The van der Waals surface area contributed by atoms with Crippen molar-refractivity contribution >= 4 is 12.0 Å². The highest BCUT2D eigenvalue weighted by atomic mass is 16.4. The van der Waals surface area contributed by atoms with Crippen molar-refractivity contribution in [3.8, 4) is 0 Å². The number of rotatable bonds is 2. The summed E-state index contributed by atoms with van der Waals surface area (Å²) in [5.41, 5.74) is 1.20. The van der Waals surface area contributed by atoms with Crippen molar-refractivity contribution < 1.29 is 10.0 Å². The predicted molar refractivity (Wildman–Crippen MR) is 45.8 cm³/mol. The first kappa shape index (κ1) is 8.46. The molecule has 0 fully saturated rings. The summed E-state index contributed by atoms with van der Waals surface area (Å²) in [4.78, 5) is 11.0. The Morgan fingerprint density at radius 2 is 2.17 bits per heavy atom. The van der Waals surface area contributed by atoms with Gasteiger partial charge in [-0.15, -0.1) is 0 Å². The molecule has 1 aromatic rings. The number of hydrogen-bond acceptors (Lipinski definition) is 3. The van der Waals surface area contributed by atoms with Crippen LogP contribution in [-0.2, 0) is 0 Å². The highest BCUT2D eigenvalue weighted by Gasteiger charge is 2.02. The smallest absolute Gasteiger partial charge is 0.160 e. The molecule has 1 rings (SSSR count). The fraction of sp³-hybridized carbons (Fsp3) is 0.111. The quantitative estimate of drug-likeness (QED) is 0.312. The molecule has 0 radical (unpaired) electrons. The molecule has 0 amide bonds. The highest BCUT2D eigenvalue weighted by Crippen LogP contribution is 2.06. The van der Waals surface area contributed by atoms with Gasteiger partial charge in [0, 0.05) is 11.1 Å². The van der Waals surface area contributed by atoms with E-state index in [9.17, 15) is 4.79 Å². The van der Waals surface area contributed by atoms with E-state index in [1.165, 1.54) is 13.1 Å². The molecule has 0 spiro atoms. The largest absolute Gasteiger partial charge is 0.411 e. The fourth-order valence-electron chi connectivity index (χ4n) is 0.992. The van der Waals surface area contributed by atoms with E-state index >= 15 is 0 Å². The van der Waals surface area contributed by atoms with E-state index < -0.39 is 0 Å². The van der Waals surface area contributed by atoms with Gasteiger partial charge in [-0.3, -0.25) is 4.79 Å². The van der Waals surface area contributed by atoms with Gasteiger partial charge in [-0.2, -0.15) is 0 Å². The van der Waals surface area contributed by atoms with Gasteiger partial charge in [-0.25, -0.2) is 0 Å². The average Bonchev–Trinajstić information content (AvgIpc) is 2.05. The van der Waals surface area contributed by atoms with E-state index in [1.54, 1.807) is 24.3 Å². The Balaban J connectivity index is 3.17. The number of Topliss-reactive ketones (excluding diaryl/α,β-unsaturated/α-hetero) is 1. The van der Waals surface area contributed by atoms with E-state index in [2.05, 4.69) is 5.16 Å². The van der Waals surface area contributed by atoms with Crippen molar-refractivity contribution in [2.75, 3.05) is 0 Å². The summed E-state index contributed by atoms with van der Waals surface area (Å²) < 4.78 is 0. The third-order valence-corrected chi connectivity index (χ3v) is 1.54. The molecular formula is C9H9NO2. The molecule has 0 aliphatic heterocycles. The minimum Gasteiger partial charge on any atom is -0.411 e. The second-order valence-electron chi connectivity index (χ2n) is 2.39. The van der Waals surface area contributed by atoms with E-state index in [1.807, 2.05) is 0 Å². The maximum Gasteiger partial charge on any atom is 0.160 e. The first-order valence-electron chi connectivity index (χ1n) is 3.53. The van der Waals surface area contributed by atoms with Crippen molar-refractivity contribution in [3.05, 3.63) is 35.4 Å². The van der Waals surface area contributed by atoms with Crippen LogP contribution in [0.5, 0.6) is 0 Å². The lowest BCUT2D eigenvalue weighted by Gasteiger charge is -1.98. The Bertz CT molecular complexity index is 318. The molecule has 0 atom stereocenters. The normalized spacial score (nSPS) is 10.4. The fourth-order valence-corrected chi connectivity index (χ4v) is 0.992. The maximum absolute atomic E-state index is 11.0. The number of hydrogen-bond donors (Lipinski definition) is 1. The summed E-state index contributed by atoms with van der Waals surface area (Å²) in [6.07, 6.45) is 1.25. The van der Waals surface area contributed by atoms with E-state index in [0.29, 0.717) is 11.1 Å². The lowest BCUT2D eigenvalue weighted by molar-refractivity contribution is 0.101. The maximum atomic E-state index is 11.0. The van der Waals surface area contributed by atoms with Crippen molar-refractivity contribution in [3.63, 3.8) is 0 Å². The summed E-state index contributed by atoms with van der Waals surface area (Å²) in [6, 6.07) is 6.96. The van der Waals surface area contributed by atoms with Crippen LogP contribution in [0.1, 0.15) is 22.8 Å². The number of oxime groups is 1. The molecule has 0 saturated heterocycles. The molecule has 0 bridgehead atoms. The molecule has 62 valence electrons. The minimum absolute atomic E-state index is 0.0366. The third kappa shape index (κ3) is 1.69. The zero-order chi connectivity index (χ0) is 8.97. The van der Waals surface area contributed by atoms with Crippen LogP contribution < -0.4 is 0 Å². The number of carbonyl (C=O) groups is 1. The number of benzene rings is 1. The van der Waals surface area contributed by atoms with Gasteiger partial charge in [-0.05, 0) is 6.92 Å². The number of carbonyl (C=O) groups excluding carboxylic acids is 1. The van der Waals surface area contributed by atoms with Crippen LogP contribution in [0.2, 0.25) is 0 Å². The van der Waals surface area contributed by atoms with E-state index in [0.717, 1.165) is 0 Å². The molecule has 1 N–H and O–H groups in total. The van der Waals surface area contributed by atoms with Crippen molar-refractivity contribution in [2.45, 2.75) is 6.92 Å². The molecule has 12 heavy (non-hydrogen) atoms. The van der Waals surface area contributed by atoms with Crippen molar-refractivity contribution in [1.82, 2.24) is 0 Å². The molecule has 1 aromatic carbocycles. The summed E-state index contributed by atoms with van der Waals surface area (Å²) >= 11 is 0. The molecule has 0 aliphatic carbocycles. The SMILES string of the molecule is CC(=O)c1ccccc1C=NO. The standard InChI is InChI=1S/C9H9NO2/c1-7(11)9-5-3-2-4-8(9)6-10-12/h2-6,12H,1H3. The third-order valence-electron chi connectivity index (χ3n) is 1.54. The molecule has 0 saturated carbocycles. The second-order valence-corrected chi connectivity index (χ2v) is 2.39. The minimum atomic E-state index is -0.0366. The lowest BCUT2D eigenvalue weighted by Crippen LogP contribution is -1.97. The zero-order valence-corrected chi connectivity index (χ0v) is 6.69. The van der Waals surface area contributed by atoms with Gasteiger partial charge in [0.15, 0.2) is 5.78 Å². The summed E-state index contributed by atoms with van der Waals surface area (Å²) in [5, 5.41) is 11.2. The van der Waals surface area contributed by atoms with Crippen LogP contribution in [0.15, 0.2) is 29.4 Å². The predicted octanol–water partition coefficient (Wildman–Crippen LogP) is 1.70. The van der Waals surface area contributed by atoms with Crippen LogP contribution in [0, 0.1) is 0 Å². The van der Waals surface area contributed by atoms with Gasteiger partial charge in [0.25, 0.3) is 0 Å². The highest BCUT2D eigenvalue weighted by molar-refractivity contribution is 6.02. The Morgan fingerprint density at radius 1 is 1.50 bits per heavy atom. The summed E-state index contributed by atoms with van der Waals surface area (Å²) in [5.74, 6) is -0.0366. The van der Waals surface area contributed by atoms with Gasteiger partial charge < -0.3 is 5.21 Å². The number of nitrogens with zero attached hydrogens (tertiary/aromatic N) is 1. The van der Waals surface area contributed by atoms with Gasteiger partial charge in [0.2, 0.25) is 0 Å². The molecular weight excluding hydrogens is 154 g/mol. The molecule has 0 heterocycles. The zero-order valence-electron chi connectivity index (χ0n) is 6.69. The topological polar surface area (TPSA) is 49.7 Å². The molecule has 0 unspecified atom stereocenters. The first-order valence-corrected chi connectivity index (χ1v) is 3.53. The van der Waals surface area contributed by atoms with Crippen LogP contribution in [0.25, 0.3) is 0 Å². The van der Waals surface area contributed by atoms with Crippen LogP contribution in [0.4, 0.5) is 0 Å². The summed E-state index contributed by atoms with van der Waals surface area (Å²) in [6.45, 7) is 1.48. The molecule has 0 aromatic heterocycles. The Morgan fingerprint density at radius 3 is 2.75 bits per heavy atom. The van der Waals surface area contributed by atoms with E-state index in [4.69, 9.17) is 5.21 Å². The van der Waals surface area contributed by atoms with Gasteiger partial charge in [0.05, 0.1) is 6.21 Å². The average molecular weight is 163 g/mol. The first-order chi connectivity index (χ1) is 5.75. The van der Waals surface area contributed by atoms with Crippen molar-refractivity contribution in [1.29, 1.82) is 0 Å². The molecule has 3 nitrogen and oxygen atoms in total.